The lowest BCUT2D eigenvalue weighted by molar-refractivity contribution is 0.482. The van der Waals surface area contributed by atoms with E-state index in [0.717, 1.165) is 5.92 Å². The van der Waals surface area contributed by atoms with Gasteiger partial charge in [0.25, 0.3) is 0 Å². The van der Waals surface area contributed by atoms with Gasteiger partial charge in [-0.05, 0) is 36.8 Å². The Morgan fingerprint density at radius 1 is 0.556 bits per heavy atom. The van der Waals surface area contributed by atoms with E-state index in [0.29, 0.717) is 0 Å². The highest BCUT2D eigenvalue weighted by atomic mass is 14.2. The largest absolute Gasteiger partial charge is 0.0654 e. The van der Waals surface area contributed by atoms with Gasteiger partial charge in [0.1, 0.15) is 0 Å². The van der Waals surface area contributed by atoms with Gasteiger partial charge in [-0.3, -0.25) is 0 Å². The summed E-state index contributed by atoms with van der Waals surface area (Å²) in [5.41, 5.74) is 3.14. The lowest BCUT2D eigenvalue weighted by Crippen LogP contribution is -2.02. The third kappa shape index (κ3) is 12.3. The van der Waals surface area contributed by atoms with Gasteiger partial charge in [0.05, 0.1) is 0 Å². The van der Waals surface area contributed by atoms with Gasteiger partial charge in [-0.25, -0.2) is 0 Å². The maximum Gasteiger partial charge on any atom is -0.0159 e. The molecule has 1 aromatic rings. The molecule has 0 aliphatic heterocycles. The van der Waals surface area contributed by atoms with E-state index in [1.807, 2.05) is 0 Å². The summed E-state index contributed by atoms with van der Waals surface area (Å²) in [5.74, 6) is 0.793. The second-order valence-corrected chi connectivity index (χ2v) is 8.73. The van der Waals surface area contributed by atoms with E-state index in [1.54, 1.807) is 5.56 Å². The average Bonchev–Trinajstić information content (AvgIpc) is 2.68. The number of aryl methyl sites for hydroxylation is 1. The van der Waals surface area contributed by atoms with Crippen molar-refractivity contribution in [2.75, 3.05) is 0 Å². The van der Waals surface area contributed by atoms with Crippen molar-refractivity contribution >= 4 is 0 Å². The molecule has 0 aromatic heterocycles. The van der Waals surface area contributed by atoms with Crippen LogP contribution in [0.15, 0.2) is 24.3 Å². The van der Waals surface area contributed by atoms with Crippen LogP contribution in [0.5, 0.6) is 0 Å². The predicted molar refractivity (Wildman–Crippen MR) is 124 cm³/mol. The van der Waals surface area contributed by atoms with Gasteiger partial charge in [0.2, 0.25) is 0 Å². The fourth-order valence-corrected chi connectivity index (χ4v) is 4.37. The Morgan fingerprint density at radius 2 is 0.963 bits per heavy atom. The molecule has 0 nitrogen and oxygen atoms in total. The minimum atomic E-state index is 0.793. The molecule has 1 atom stereocenters. The molecule has 1 aromatic carbocycles. The van der Waals surface area contributed by atoms with E-state index in [-0.39, 0.29) is 0 Å². The molecule has 0 spiro atoms. The molecule has 0 fully saturated rings. The highest BCUT2D eigenvalue weighted by Gasteiger charge is 2.13. The summed E-state index contributed by atoms with van der Waals surface area (Å²) in [6.07, 6.45) is 24.2. The topological polar surface area (TPSA) is 0 Å². The lowest BCUT2D eigenvalue weighted by atomic mass is 9.86. The van der Waals surface area contributed by atoms with Gasteiger partial charge < -0.3 is 0 Å². The Balaban J connectivity index is 2.29. The molecule has 1 unspecified atom stereocenters. The second-order valence-electron chi connectivity index (χ2n) is 8.73. The molecule has 156 valence electrons. The summed E-state index contributed by atoms with van der Waals surface area (Å²) < 4.78 is 0. The summed E-state index contributed by atoms with van der Waals surface area (Å²) in [4.78, 5) is 0. The zero-order valence-electron chi connectivity index (χ0n) is 18.9. The molecule has 0 amide bonds. The number of unbranched alkanes of at least 4 members (excludes halogenated alkanes) is 13. The van der Waals surface area contributed by atoms with Gasteiger partial charge in [0.15, 0.2) is 0 Å². The van der Waals surface area contributed by atoms with Crippen LogP contribution in [0, 0.1) is 6.92 Å². The van der Waals surface area contributed by atoms with Crippen LogP contribution < -0.4 is 0 Å². The van der Waals surface area contributed by atoms with Gasteiger partial charge in [-0.2, -0.15) is 0 Å². The maximum absolute atomic E-state index is 2.39. The molecule has 0 radical (unpaired) electrons. The summed E-state index contributed by atoms with van der Waals surface area (Å²) in [6, 6.07) is 9.14. The van der Waals surface area contributed by atoms with Crippen LogP contribution in [0.2, 0.25) is 0 Å². The minimum absolute atomic E-state index is 0.793. The third-order valence-corrected chi connectivity index (χ3v) is 6.19. The van der Waals surface area contributed by atoms with Crippen LogP contribution in [0.4, 0.5) is 0 Å². The van der Waals surface area contributed by atoms with Crippen LogP contribution >= 0.6 is 0 Å². The maximum atomic E-state index is 2.39. The molecule has 1 rings (SSSR count). The number of benzene rings is 1. The Kier molecular flexibility index (Phi) is 15.6. The van der Waals surface area contributed by atoms with Crippen molar-refractivity contribution in [3.8, 4) is 0 Å². The summed E-state index contributed by atoms with van der Waals surface area (Å²) >= 11 is 0. The zero-order valence-corrected chi connectivity index (χ0v) is 18.9. The summed E-state index contributed by atoms with van der Waals surface area (Å²) in [5, 5.41) is 0. The molecule has 0 aliphatic rings. The smallest absolute Gasteiger partial charge is 0.0159 e. The molecular weight excluding hydrogens is 324 g/mol. The predicted octanol–water partition coefficient (Wildman–Crippen LogP) is 9.75. The van der Waals surface area contributed by atoms with E-state index in [4.69, 9.17) is 0 Å². The number of hydrogen-bond donors (Lipinski definition) is 0. The quantitative estimate of drug-likeness (QED) is 0.225. The van der Waals surface area contributed by atoms with E-state index in [1.165, 1.54) is 115 Å². The Hall–Kier alpha value is -0.780. The van der Waals surface area contributed by atoms with Crippen molar-refractivity contribution in [2.45, 2.75) is 136 Å². The molecule has 0 heterocycles. The standard InChI is InChI=1S/C27H48/c1-4-6-8-10-12-14-16-18-23-26(27-24-20-19-21-25(27)3)22-17-15-13-11-9-7-5-2/h19-21,24,26H,4-18,22-23H2,1-3H3. The van der Waals surface area contributed by atoms with Crippen molar-refractivity contribution in [1.29, 1.82) is 0 Å². The zero-order chi connectivity index (χ0) is 19.6. The van der Waals surface area contributed by atoms with E-state index < -0.39 is 0 Å². The molecule has 0 bridgehead atoms. The summed E-state index contributed by atoms with van der Waals surface area (Å²) in [7, 11) is 0. The normalized spacial score (nSPS) is 12.4. The fraction of sp³-hybridized carbons (Fsp3) is 0.778. The van der Waals surface area contributed by atoms with Crippen molar-refractivity contribution in [1.82, 2.24) is 0 Å². The fourth-order valence-electron chi connectivity index (χ4n) is 4.37. The summed E-state index contributed by atoms with van der Waals surface area (Å²) in [6.45, 7) is 6.91. The highest BCUT2D eigenvalue weighted by Crippen LogP contribution is 2.30. The SMILES string of the molecule is CCCCCCCCCCC(CCCCCCCCC)c1ccccc1C. The van der Waals surface area contributed by atoms with Gasteiger partial charge in [-0.1, -0.05) is 134 Å². The third-order valence-electron chi connectivity index (χ3n) is 6.19. The number of hydrogen-bond acceptors (Lipinski definition) is 0. The molecule has 0 aliphatic carbocycles. The van der Waals surface area contributed by atoms with Crippen molar-refractivity contribution < 1.29 is 0 Å². The molecule has 0 saturated carbocycles. The van der Waals surface area contributed by atoms with E-state index in [9.17, 15) is 0 Å². The first-order valence-electron chi connectivity index (χ1n) is 12.3. The Morgan fingerprint density at radius 3 is 1.41 bits per heavy atom. The van der Waals surface area contributed by atoms with Crippen molar-refractivity contribution in [2.24, 2.45) is 0 Å². The van der Waals surface area contributed by atoms with Crippen LogP contribution in [0.25, 0.3) is 0 Å². The monoisotopic (exact) mass is 372 g/mol. The van der Waals surface area contributed by atoms with E-state index >= 15 is 0 Å². The second kappa shape index (κ2) is 17.3. The van der Waals surface area contributed by atoms with Gasteiger partial charge in [-0.15, -0.1) is 0 Å². The lowest BCUT2D eigenvalue weighted by Gasteiger charge is -2.20. The van der Waals surface area contributed by atoms with Crippen LogP contribution in [-0.4, -0.2) is 0 Å². The van der Waals surface area contributed by atoms with Crippen molar-refractivity contribution in [3.05, 3.63) is 35.4 Å². The first kappa shape index (κ1) is 24.3. The van der Waals surface area contributed by atoms with E-state index in [2.05, 4.69) is 45.0 Å². The molecular formula is C27H48. The average molecular weight is 373 g/mol. The first-order chi connectivity index (χ1) is 13.3. The Bertz CT molecular complexity index is 433. The Labute approximate surface area is 171 Å². The van der Waals surface area contributed by atoms with Gasteiger partial charge in [0, 0.05) is 0 Å². The molecule has 0 N–H and O–H groups in total. The molecule has 0 heteroatoms. The van der Waals surface area contributed by atoms with Crippen LogP contribution in [0.1, 0.15) is 140 Å². The minimum Gasteiger partial charge on any atom is -0.0654 e. The van der Waals surface area contributed by atoms with Crippen LogP contribution in [0.3, 0.4) is 0 Å². The molecule has 27 heavy (non-hydrogen) atoms. The first-order valence-corrected chi connectivity index (χ1v) is 12.3. The van der Waals surface area contributed by atoms with Gasteiger partial charge >= 0.3 is 0 Å². The highest BCUT2D eigenvalue weighted by molar-refractivity contribution is 5.29. The number of rotatable bonds is 18. The van der Waals surface area contributed by atoms with Crippen molar-refractivity contribution in [3.63, 3.8) is 0 Å². The molecule has 0 saturated heterocycles. The van der Waals surface area contributed by atoms with Crippen LogP contribution in [-0.2, 0) is 0 Å².